The van der Waals surface area contributed by atoms with Crippen molar-refractivity contribution in [2.45, 2.75) is 46.4 Å². The van der Waals surface area contributed by atoms with Crippen LogP contribution in [0.1, 0.15) is 34.1 Å². The predicted molar refractivity (Wildman–Crippen MR) is 67.8 cm³/mol. The molecule has 17 heavy (non-hydrogen) atoms. The Hall–Kier alpha value is -0.650. The van der Waals surface area contributed by atoms with E-state index in [9.17, 15) is 4.79 Å². The maximum absolute atomic E-state index is 11.5. The second-order valence-corrected chi connectivity index (χ2v) is 4.00. The van der Waals surface area contributed by atoms with Crippen molar-refractivity contribution >= 4 is 5.91 Å². The van der Waals surface area contributed by atoms with Crippen LogP contribution in [-0.2, 0) is 14.3 Å². The van der Waals surface area contributed by atoms with Gasteiger partial charge >= 0.3 is 0 Å². The highest BCUT2D eigenvalue weighted by atomic mass is 16.7. The summed E-state index contributed by atoms with van der Waals surface area (Å²) >= 11 is 0. The van der Waals surface area contributed by atoms with E-state index in [0.717, 1.165) is 0 Å². The topological polar surface area (TPSA) is 59.6 Å². The molecule has 0 rings (SSSR count). The van der Waals surface area contributed by atoms with E-state index in [4.69, 9.17) is 9.47 Å². The minimum Gasteiger partial charge on any atom is -0.351 e. The lowest BCUT2D eigenvalue weighted by atomic mass is 10.3. The monoisotopic (exact) mass is 246 g/mol. The zero-order valence-electron chi connectivity index (χ0n) is 11.4. The molecule has 0 aromatic carbocycles. The fraction of sp³-hybridized carbons (Fsp3) is 0.917. The van der Waals surface area contributed by atoms with Crippen molar-refractivity contribution in [2.24, 2.45) is 0 Å². The van der Waals surface area contributed by atoms with E-state index in [1.807, 2.05) is 13.8 Å². The molecule has 0 aromatic heterocycles. The van der Waals surface area contributed by atoms with Gasteiger partial charge < -0.3 is 20.1 Å². The van der Waals surface area contributed by atoms with Crippen molar-refractivity contribution in [1.82, 2.24) is 10.6 Å². The molecule has 0 heterocycles. The molecule has 0 saturated carbocycles. The average molecular weight is 246 g/mol. The first-order chi connectivity index (χ1) is 8.10. The Kier molecular flexibility index (Phi) is 10.1. The first-order valence-corrected chi connectivity index (χ1v) is 6.33. The molecule has 0 aromatic rings. The van der Waals surface area contributed by atoms with Crippen LogP contribution in [0.2, 0.25) is 0 Å². The molecule has 0 radical (unpaired) electrons. The van der Waals surface area contributed by atoms with Gasteiger partial charge in [-0.15, -0.1) is 0 Å². The third kappa shape index (κ3) is 10.2. The lowest BCUT2D eigenvalue weighted by Crippen LogP contribution is -2.37. The summed E-state index contributed by atoms with van der Waals surface area (Å²) in [6.45, 7) is 10.2. The highest BCUT2D eigenvalue weighted by Crippen LogP contribution is 1.93. The third-order valence-electron chi connectivity index (χ3n) is 2.08. The summed E-state index contributed by atoms with van der Waals surface area (Å²) in [6, 6.07) is 0.405. The van der Waals surface area contributed by atoms with Crippen molar-refractivity contribution < 1.29 is 14.3 Å². The summed E-state index contributed by atoms with van der Waals surface area (Å²) in [4.78, 5) is 11.5. The summed E-state index contributed by atoms with van der Waals surface area (Å²) < 4.78 is 10.6. The molecule has 0 spiro atoms. The van der Waals surface area contributed by atoms with E-state index in [2.05, 4.69) is 24.5 Å². The van der Waals surface area contributed by atoms with Gasteiger partial charge in [-0.3, -0.25) is 4.79 Å². The van der Waals surface area contributed by atoms with Crippen molar-refractivity contribution in [3.8, 4) is 0 Å². The molecule has 0 aliphatic carbocycles. The Morgan fingerprint density at radius 3 is 2.24 bits per heavy atom. The van der Waals surface area contributed by atoms with Gasteiger partial charge in [-0.1, -0.05) is 13.8 Å². The van der Waals surface area contributed by atoms with E-state index >= 15 is 0 Å². The van der Waals surface area contributed by atoms with Crippen molar-refractivity contribution in [3.63, 3.8) is 0 Å². The molecule has 5 heteroatoms. The molecule has 102 valence electrons. The van der Waals surface area contributed by atoms with Gasteiger partial charge in [0.1, 0.15) is 0 Å². The van der Waals surface area contributed by atoms with Gasteiger partial charge in [0.25, 0.3) is 0 Å². The number of rotatable bonds is 10. The van der Waals surface area contributed by atoms with Gasteiger partial charge in [0.15, 0.2) is 6.29 Å². The van der Waals surface area contributed by atoms with E-state index in [1.54, 1.807) is 0 Å². The van der Waals surface area contributed by atoms with Gasteiger partial charge in [-0.25, -0.2) is 0 Å². The minimum atomic E-state index is -0.341. The smallest absolute Gasteiger partial charge is 0.221 e. The zero-order chi connectivity index (χ0) is 13.1. The van der Waals surface area contributed by atoms with E-state index in [-0.39, 0.29) is 12.2 Å². The fourth-order valence-electron chi connectivity index (χ4n) is 1.30. The van der Waals surface area contributed by atoms with Gasteiger partial charge in [0, 0.05) is 32.2 Å². The molecule has 0 bridgehead atoms. The number of nitrogens with one attached hydrogen (secondary N) is 2. The van der Waals surface area contributed by atoms with Gasteiger partial charge in [0.2, 0.25) is 5.91 Å². The van der Waals surface area contributed by atoms with Crippen LogP contribution in [0.3, 0.4) is 0 Å². The molecule has 2 N–H and O–H groups in total. The molecule has 0 fully saturated rings. The fourth-order valence-corrected chi connectivity index (χ4v) is 1.30. The lowest BCUT2D eigenvalue weighted by molar-refractivity contribution is -0.140. The maximum atomic E-state index is 11.5. The van der Waals surface area contributed by atoms with Crippen molar-refractivity contribution in [1.29, 1.82) is 0 Å². The molecule has 0 atom stereocenters. The molecule has 1 amide bonds. The summed E-state index contributed by atoms with van der Waals surface area (Å²) in [7, 11) is 0. The summed E-state index contributed by atoms with van der Waals surface area (Å²) in [5.74, 6) is 0.0163. The molecule has 0 aliphatic rings. The molecular weight excluding hydrogens is 220 g/mol. The van der Waals surface area contributed by atoms with Gasteiger partial charge in [-0.2, -0.15) is 0 Å². The Labute approximate surface area is 104 Å². The zero-order valence-corrected chi connectivity index (χ0v) is 11.4. The quantitative estimate of drug-likeness (QED) is 0.562. The largest absolute Gasteiger partial charge is 0.351 e. The van der Waals surface area contributed by atoms with Crippen molar-refractivity contribution in [3.05, 3.63) is 0 Å². The number of hydrogen-bond acceptors (Lipinski definition) is 4. The van der Waals surface area contributed by atoms with Crippen LogP contribution in [0.15, 0.2) is 0 Å². The number of amides is 1. The Bertz CT molecular complexity index is 192. The number of hydrogen-bond donors (Lipinski definition) is 2. The van der Waals surface area contributed by atoms with Crippen LogP contribution in [0.25, 0.3) is 0 Å². The van der Waals surface area contributed by atoms with Crippen LogP contribution < -0.4 is 10.6 Å². The van der Waals surface area contributed by atoms with Crippen LogP contribution in [0, 0.1) is 0 Å². The van der Waals surface area contributed by atoms with Crippen LogP contribution in [0.5, 0.6) is 0 Å². The highest BCUT2D eigenvalue weighted by Gasteiger charge is 2.09. The number of carbonyl (C=O) groups is 1. The number of carbonyl (C=O) groups excluding carboxylic acids is 1. The second-order valence-electron chi connectivity index (χ2n) is 4.00. The van der Waals surface area contributed by atoms with E-state index < -0.39 is 0 Å². The number of ether oxygens (including phenoxy) is 2. The van der Waals surface area contributed by atoms with Crippen LogP contribution in [-0.4, -0.2) is 44.5 Å². The SMILES string of the molecule is CCOC(CNC(=O)CCNC(C)C)OCC. The second kappa shape index (κ2) is 10.5. The Morgan fingerprint density at radius 2 is 1.76 bits per heavy atom. The molecular formula is C12H26N2O3. The van der Waals surface area contributed by atoms with E-state index in [1.165, 1.54) is 0 Å². The minimum absolute atomic E-state index is 0.0163. The van der Waals surface area contributed by atoms with E-state index in [0.29, 0.717) is 38.8 Å². The first kappa shape index (κ1) is 16.4. The Morgan fingerprint density at radius 1 is 1.18 bits per heavy atom. The summed E-state index contributed by atoms with van der Waals surface area (Å²) in [5, 5.41) is 5.99. The van der Waals surface area contributed by atoms with Crippen LogP contribution in [0.4, 0.5) is 0 Å². The standard InChI is InChI=1S/C12H26N2O3/c1-5-16-12(17-6-2)9-14-11(15)7-8-13-10(3)4/h10,12-13H,5-9H2,1-4H3,(H,14,15). The maximum Gasteiger partial charge on any atom is 0.221 e. The third-order valence-corrected chi connectivity index (χ3v) is 2.08. The predicted octanol–water partition coefficient (Wildman–Crippen LogP) is 0.890. The first-order valence-electron chi connectivity index (χ1n) is 6.33. The lowest BCUT2D eigenvalue weighted by Gasteiger charge is -2.17. The van der Waals surface area contributed by atoms with Gasteiger partial charge in [0.05, 0.1) is 6.54 Å². The normalized spacial score (nSPS) is 11.2. The molecule has 0 unspecified atom stereocenters. The van der Waals surface area contributed by atoms with Crippen molar-refractivity contribution in [2.75, 3.05) is 26.3 Å². The summed E-state index contributed by atoms with van der Waals surface area (Å²) in [5.41, 5.74) is 0. The Balaban J connectivity index is 3.64. The average Bonchev–Trinajstić information content (AvgIpc) is 2.26. The molecule has 0 saturated heterocycles. The van der Waals surface area contributed by atoms with Crippen LogP contribution >= 0.6 is 0 Å². The highest BCUT2D eigenvalue weighted by molar-refractivity contribution is 5.76. The molecule has 5 nitrogen and oxygen atoms in total. The van der Waals surface area contributed by atoms with Gasteiger partial charge in [-0.05, 0) is 13.8 Å². The molecule has 0 aliphatic heterocycles. The summed E-state index contributed by atoms with van der Waals surface area (Å²) in [6.07, 6.45) is 0.135.